The van der Waals surface area contributed by atoms with Crippen molar-refractivity contribution in [1.29, 1.82) is 0 Å². The van der Waals surface area contributed by atoms with E-state index in [1.54, 1.807) is 25.6 Å². The van der Waals surface area contributed by atoms with Crippen LogP contribution < -0.4 is 15.2 Å². The molecule has 2 rings (SSSR count). The number of benzene rings is 1. The Balaban J connectivity index is 2.61. The lowest BCUT2D eigenvalue weighted by Gasteiger charge is -2.13. The molecule has 0 radical (unpaired) electrons. The Kier molecular flexibility index (Phi) is 5.04. The molecule has 0 amide bonds. The van der Waals surface area contributed by atoms with Crippen LogP contribution in [0.2, 0.25) is 0 Å². The smallest absolute Gasteiger partial charge is 0.127 e. The molecule has 0 fully saturated rings. The summed E-state index contributed by atoms with van der Waals surface area (Å²) in [5.41, 5.74) is 9.43. The molecule has 3 nitrogen and oxygen atoms in total. The fourth-order valence-corrected chi connectivity index (χ4v) is 3.51. The molecule has 1 aromatic carbocycles. The molecule has 0 aliphatic rings. The van der Waals surface area contributed by atoms with Gasteiger partial charge in [-0.1, -0.05) is 6.92 Å². The quantitative estimate of drug-likeness (QED) is 0.886. The van der Waals surface area contributed by atoms with Crippen molar-refractivity contribution < 1.29 is 9.47 Å². The van der Waals surface area contributed by atoms with Gasteiger partial charge in [0.05, 0.1) is 14.2 Å². The fraction of sp³-hybridized carbons (Fsp3) is 0.375. The van der Waals surface area contributed by atoms with Crippen LogP contribution in [0.1, 0.15) is 17.4 Å². The van der Waals surface area contributed by atoms with E-state index >= 15 is 0 Å². The van der Waals surface area contributed by atoms with E-state index < -0.39 is 0 Å². The van der Waals surface area contributed by atoms with Gasteiger partial charge in [0.25, 0.3) is 0 Å². The van der Waals surface area contributed by atoms with E-state index in [0.29, 0.717) is 6.54 Å². The lowest BCUT2D eigenvalue weighted by Crippen LogP contribution is -2.03. The van der Waals surface area contributed by atoms with E-state index in [2.05, 4.69) is 12.3 Å². The first-order chi connectivity index (χ1) is 9.74. The number of hydrogen-bond donors (Lipinski definition) is 1. The minimum Gasteiger partial charge on any atom is -0.497 e. The van der Waals surface area contributed by atoms with Gasteiger partial charge in [0, 0.05) is 16.0 Å². The number of aryl methyl sites for hydroxylation is 1. The third-order valence-corrected chi connectivity index (χ3v) is 4.47. The fourth-order valence-electron chi connectivity index (χ4n) is 2.35. The molecule has 0 spiro atoms. The van der Waals surface area contributed by atoms with Crippen LogP contribution in [0.4, 0.5) is 0 Å². The second kappa shape index (κ2) is 6.77. The van der Waals surface area contributed by atoms with Crippen LogP contribution in [-0.4, -0.2) is 20.8 Å². The number of methoxy groups -OCH3 is 2. The topological polar surface area (TPSA) is 44.5 Å². The first-order valence-electron chi connectivity index (χ1n) is 6.76. The molecule has 0 unspecified atom stereocenters. The Morgan fingerprint density at radius 2 is 2.00 bits per heavy atom. The molecule has 4 heteroatoms. The molecule has 0 aliphatic heterocycles. The van der Waals surface area contributed by atoms with Crippen molar-refractivity contribution in [3.63, 3.8) is 0 Å². The van der Waals surface area contributed by atoms with Gasteiger partial charge in [0.15, 0.2) is 0 Å². The maximum Gasteiger partial charge on any atom is 0.127 e. The van der Waals surface area contributed by atoms with Gasteiger partial charge in [-0.2, -0.15) is 0 Å². The highest BCUT2D eigenvalue weighted by Crippen LogP contribution is 2.40. The summed E-state index contributed by atoms with van der Waals surface area (Å²) in [7, 11) is 3.38. The molecule has 2 aromatic rings. The molecule has 0 bridgehead atoms. The SMILES string of the molecule is CCc1csc(CCN)c1-c1cc(OC)ccc1OC. The average molecular weight is 291 g/mol. The average Bonchev–Trinajstić information content (AvgIpc) is 2.89. The Hall–Kier alpha value is -1.52. The lowest BCUT2D eigenvalue weighted by molar-refractivity contribution is 0.404. The van der Waals surface area contributed by atoms with Gasteiger partial charge >= 0.3 is 0 Å². The summed E-state index contributed by atoms with van der Waals surface area (Å²) in [5.74, 6) is 1.71. The highest BCUT2D eigenvalue weighted by molar-refractivity contribution is 7.10. The van der Waals surface area contributed by atoms with Crippen LogP contribution in [0.5, 0.6) is 11.5 Å². The lowest BCUT2D eigenvalue weighted by atomic mass is 9.98. The van der Waals surface area contributed by atoms with Crippen molar-refractivity contribution in [2.24, 2.45) is 5.73 Å². The van der Waals surface area contributed by atoms with Crippen molar-refractivity contribution in [3.05, 3.63) is 34.0 Å². The van der Waals surface area contributed by atoms with Crippen molar-refractivity contribution in [3.8, 4) is 22.6 Å². The summed E-state index contributed by atoms with van der Waals surface area (Å²) in [5, 5.41) is 2.22. The largest absolute Gasteiger partial charge is 0.497 e. The molecular weight excluding hydrogens is 270 g/mol. The molecule has 1 heterocycles. The predicted octanol–water partition coefficient (Wildman–Crippen LogP) is 3.50. The van der Waals surface area contributed by atoms with Crippen molar-refractivity contribution in [2.75, 3.05) is 20.8 Å². The molecule has 20 heavy (non-hydrogen) atoms. The maximum atomic E-state index is 5.74. The summed E-state index contributed by atoms with van der Waals surface area (Å²) in [4.78, 5) is 1.32. The Morgan fingerprint density at radius 1 is 1.20 bits per heavy atom. The molecule has 0 aliphatic carbocycles. The Morgan fingerprint density at radius 3 is 2.60 bits per heavy atom. The van der Waals surface area contributed by atoms with Gasteiger partial charge in [-0.15, -0.1) is 11.3 Å². The highest BCUT2D eigenvalue weighted by Gasteiger charge is 2.17. The van der Waals surface area contributed by atoms with E-state index in [-0.39, 0.29) is 0 Å². The van der Waals surface area contributed by atoms with Crippen LogP contribution in [0.15, 0.2) is 23.6 Å². The Labute approximate surface area is 124 Å². The second-order valence-electron chi connectivity index (χ2n) is 4.52. The zero-order chi connectivity index (χ0) is 14.5. The van der Waals surface area contributed by atoms with E-state index in [1.807, 2.05) is 18.2 Å². The molecule has 2 N–H and O–H groups in total. The van der Waals surface area contributed by atoms with Crippen LogP contribution in [-0.2, 0) is 12.8 Å². The summed E-state index contributed by atoms with van der Waals surface area (Å²) in [6.45, 7) is 2.83. The van der Waals surface area contributed by atoms with Crippen LogP contribution >= 0.6 is 11.3 Å². The van der Waals surface area contributed by atoms with Gasteiger partial charge in [0.1, 0.15) is 11.5 Å². The van der Waals surface area contributed by atoms with Gasteiger partial charge < -0.3 is 15.2 Å². The van der Waals surface area contributed by atoms with Gasteiger partial charge in [-0.3, -0.25) is 0 Å². The molecule has 1 aromatic heterocycles. The molecule has 108 valence electrons. The summed E-state index contributed by atoms with van der Waals surface area (Å²) in [6, 6.07) is 5.92. The van der Waals surface area contributed by atoms with Gasteiger partial charge in [0.2, 0.25) is 0 Å². The predicted molar refractivity (Wildman–Crippen MR) is 85.0 cm³/mol. The zero-order valence-electron chi connectivity index (χ0n) is 12.2. The van der Waals surface area contributed by atoms with E-state index in [1.165, 1.54) is 16.0 Å². The normalized spacial score (nSPS) is 10.6. The number of thiophene rings is 1. The minimum absolute atomic E-state index is 0.656. The third kappa shape index (κ3) is 2.81. The van der Waals surface area contributed by atoms with Crippen molar-refractivity contribution in [2.45, 2.75) is 19.8 Å². The summed E-state index contributed by atoms with van der Waals surface area (Å²) < 4.78 is 10.9. The number of ether oxygens (including phenoxy) is 2. The van der Waals surface area contributed by atoms with Crippen LogP contribution in [0.25, 0.3) is 11.1 Å². The summed E-state index contributed by atoms with van der Waals surface area (Å²) >= 11 is 1.78. The zero-order valence-corrected chi connectivity index (χ0v) is 13.0. The van der Waals surface area contributed by atoms with Crippen molar-refractivity contribution >= 4 is 11.3 Å². The maximum absolute atomic E-state index is 5.74. The number of nitrogens with two attached hydrogens (primary N) is 1. The highest BCUT2D eigenvalue weighted by atomic mass is 32.1. The minimum atomic E-state index is 0.656. The second-order valence-corrected chi connectivity index (χ2v) is 5.48. The third-order valence-electron chi connectivity index (χ3n) is 3.37. The molecule has 0 atom stereocenters. The van der Waals surface area contributed by atoms with E-state index in [9.17, 15) is 0 Å². The van der Waals surface area contributed by atoms with Crippen molar-refractivity contribution in [1.82, 2.24) is 0 Å². The van der Waals surface area contributed by atoms with Gasteiger partial charge in [-0.25, -0.2) is 0 Å². The first kappa shape index (κ1) is 14.9. The first-order valence-corrected chi connectivity index (χ1v) is 7.64. The number of hydrogen-bond acceptors (Lipinski definition) is 4. The van der Waals surface area contributed by atoms with Crippen LogP contribution in [0, 0.1) is 0 Å². The van der Waals surface area contributed by atoms with E-state index in [0.717, 1.165) is 29.9 Å². The monoisotopic (exact) mass is 291 g/mol. The summed E-state index contributed by atoms with van der Waals surface area (Å²) in [6.07, 6.45) is 1.89. The van der Waals surface area contributed by atoms with Crippen LogP contribution in [0.3, 0.4) is 0 Å². The Bertz CT molecular complexity index is 578. The molecule has 0 saturated carbocycles. The molecule has 0 saturated heterocycles. The standard InChI is InChI=1S/C16H21NO2S/c1-4-11-10-20-15(7-8-17)16(11)13-9-12(18-2)5-6-14(13)19-3/h5-6,9-10H,4,7-8,17H2,1-3H3. The molecular formula is C16H21NO2S. The van der Waals surface area contributed by atoms with Gasteiger partial charge in [-0.05, 0) is 48.5 Å². The number of rotatable bonds is 6. The van der Waals surface area contributed by atoms with E-state index in [4.69, 9.17) is 15.2 Å².